The second-order valence-electron chi connectivity index (χ2n) is 6.54. The van der Waals surface area contributed by atoms with E-state index in [0.29, 0.717) is 23.7 Å². The number of carbonyl (C=O) groups is 1. The molecule has 3 heterocycles. The SMILES string of the molecule is CC1CCCN(C(=O)c2ccn(C3CCCNC3)n2)C1C. The predicted molar refractivity (Wildman–Crippen MR) is 82.3 cm³/mol. The third-order valence-electron chi connectivity index (χ3n) is 5.11. The second kappa shape index (κ2) is 6.18. The standard InChI is InChI=1S/C16H26N4O/c1-12-5-4-9-19(13(12)2)16(21)15-7-10-20(18-15)14-6-3-8-17-11-14/h7,10,12-14,17H,3-6,8-9,11H2,1-2H3. The lowest BCUT2D eigenvalue weighted by atomic mass is 9.92. The van der Waals surface area contributed by atoms with E-state index in [1.807, 2.05) is 21.8 Å². The molecule has 116 valence electrons. The molecular formula is C16H26N4O. The van der Waals surface area contributed by atoms with E-state index in [2.05, 4.69) is 24.3 Å². The monoisotopic (exact) mass is 290 g/mol. The molecule has 0 bridgehead atoms. The topological polar surface area (TPSA) is 50.2 Å². The molecule has 5 nitrogen and oxygen atoms in total. The van der Waals surface area contributed by atoms with Crippen molar-refractivity contribution < 1.29 is 4.79 Å². The number of carbonyl (C=O) groups excluding carboxylic acids is 1. The fraction of sp³-hybridized carbons (Fsp3) is 0.750. The number of rotatable bonds is 2. The maximum Gasteiger partial charge on any atom is 0.274 e. The Balaban J connectivity index is 1.71. The van der Waals surface area contributed by atoms with E-state index >= 15 is 0 Å². The van der Waals surface area contributed by atoms with Gasteiger partial charge in [0.15, 0.2) is 0 Å². The highest BCUT2D eigenvalue weighted by Gasteiger charge is 2.30. The highest BCUT2D eigenvalue weighted by molar-refractivity contribution is 5.92. The van der Waals surface area contributed by atoms with Gasteiger partial charge in [-0.15, -0.1) is 0 Å². The van der Waals surface area contributed by atoms with Crippen LogP contribution in [0.2, 0.25) is 0 Å². The number of likely N-dealkylation sites (tertiary alicyclic amines) is 1. The zero-order valence-electron chi connectivity index (χ0n) is 13.1. The van der Waals surface area contributed by atoms with Crippen LogP contribution >= 0.6 is 0 Å². The van der Waals surface area contributed by atoms with Crippen molar-refractivity contribution in [3.05, 3.63) is 18.0 Å². The maximum atomic E-state index is 12.7. The van der Waals surface area contributed by atoms with Gasteiger partial charge in [-0.05, 0) is 51.1 Å². The molecule has 1 amide bonds. The Morgan fingerprint density at radius 3 is 2.95 bits per heavy atom. The lowest BCUT2D eigenvalue weighted by Crippen LogP contribution is -2.46. The number of nitrogens with zero attached hydrogens (tertiary/aromatic N) is 3. The fourth-order valence-corrected chi connectivity index (χ4v) is 3.48. The summed E-state index contributed by atoms with van der Waals surface area (Å²) in [5.41, 5.74) is 0.599. The van der Waals surface area contributed by atoms with E-state index in [1.54, 1.807) is 0 Å². The Hall–Kier alpha value is -1.36. The first-order valence-electron chi connectivity index (χ1n) is 8.23. The van der Waals surface area contributed by atoms with Gasteiger partial charge in [0.2, 0.25) is 0 Å². The van der Waals surface area contributed by atoms with Gasteiger partial charge in [-0.25, -0.2) is 0 Å². The molecule has 0 radical (unpaired) electrons. The fourth-order valence-electron chi connectivity index (χ4n) is 3.48. The van der Waals surface area contributed by atoms with E-state index in [9.17, 15) is 4.79 Å². The first-order valence-corrected chi connectivity index (χ1v) is 8.23. The first kappa shape index (κ1) is 14.6. The molecule has 3 rings (SSSR count). The lowest BCUT2D eigenvalue weighted by Gasteiger charge is -2.37. The van der Waals surface area contributed by atoms with Crippen LogP contribution in [0.5, 0.6) is 0 Å². The summed E-state index contributed by atoms with van der Waals surface area (Å²) < 4.78 is 1.97. The molecular weight excluding hydrogens is 264 g/mol. The molecule has 1 aromatic rings. The van der Waals surface area contributed by atoms with E-state index in [1.165, 1.54) is 12.8 Å². The van der Waals surface area contributed by atoms with Crippen molar-refractivity contribution in [3.8, 4) is 0 Å². The Bertz CT molecular complexity index is 492. The Morgan fingerprint density at radius 1 is 1.33 bits per heavy atom. The predicted octanol–water partition coefficient (Wildman–Crippen LogP) is 2.07. The van der Waals surface area contributed by atoms with Gasteiger partial charge in [0.1, 0.15) is 5.69 Å². The third-order valence-corrected chi connectivity index (χ3v) is 5.11. The van der Waals surface area contributed by atoms with E-state index < -0.39 is 0 Å². The van der Waals surface area contributed by atoms with E-state index in [4.69, 9.17) is 0 Å². The van der Waals surface area contributed by atoms with Crippen LogP contribution in [-0.2, 0) is 0 Å². The van der Waals surface area contributed by atoms with Crippen molar-refractivity contribution in [2.24, 2.45) is 5.92 Å². The maximum absolute atomic E-state index is 12.7. The molecule has 3 unspecified atom stereocenters. The highest BCUT2D eigenvalue weighted by Crippen LogP contribution is 2.24. The summed E-state index contributed by atoms with van der Waals surface area (Å²) in [4.78, 5) is 14.7. The third kappa shape index (κ3) is 2.98. The molecule has 2 saturated heterocycles. The lowest BCUT2D eigenvalue weighted by molar-refractivity contribution is 0.0543. The molecule has 2 fully saturated rings. The molecule has 0 spiro atoms. The number of piperidine rings is 2. The Morgan fingerprint density at radius 2 is 2.19 bits per heavy atom. The van der Waals surface area contributed by atoms with Gasteiger partial charge in [-0.1, -0.05) is 6.92 Å². The zero-order chi connectivity index (χ0) is 14.8. The molecule has 2 aliphatic heterocycles. The minimum Gasteiger partial charge on any atom is -0.334 e. The van der Waals surface area contributed by atoms with Crippen LogP contribution in [0.15, 0.2) is 12.3 Å². The van der Waals surface area contributed by atoms with Gasteiger partial charge in [0.25, 0.3) is 5.91 Å². The molecule has 5 heteroatoms. The van der Waals surface area contributed by atoms with Crippen LogP contribution in [0.4, 0.5) is 0 Å². The van der Waals surface area contributed by atoms with Crippen molar-refractivity contribution >= 4 is 5.91 Å². The van der Waals surface area contributed by atoms with Gasteiger partial charge in [-0.3, -0.25) is 9.48 Å². The van der Waals surface area contributed by atoms with Crippen LogP contribution in [0.1, 0.15) is 56.1 Å². The number of hydrogen-bond donors (Lipinski definition) is 1. The second-order valence-corrected chi connectivity index (χ2v) is 6.54. The summed E-state index contributed by atoms with van der Waals surface area (Å²) in [7, 11) is 0. The number of aromatic nitrogens is 2. The van der Waals surface area contributed by atoms with Gasteiger partial charge in [0.05, 0.1) is 6.04 Å². The summed E-state index contributed by atoms with van der Waals surface area (Å²) >= 11 is 0. The van der Waals surface area contributed by atoms with E-state index in [0.717, 1.165) is 32.5 Å². The summed E-state index contributed by atoms with van der Waals surface area (Å²) in [6.07, 6.45) is 6.59. The average molecular weight is 290 g/mol. The highest BCUT2D eigenvalue weighted by atomic mass is 16.2. The minimum atomic E-state index is 0.0940. The molecule has 2 aliphatic rings. The van der Waals surface area contributed by atoms with Crippen molar-refractivity contribution in [2.75, 3.05) is 19.6 Å². The van der Waals surface area contributed by atoms with Crippen LogP contribution in [0, 0.1) is 5.92 Å². The molecule has 1 N–H and O–H groups in total. The van der Waals surface area contributed by atoms with Gasteiger partial charge >= 0.3 is 0 Å². The first-order chi connectivity index (χ1) is 10.2. The average Bonchev–Trinajstić information content (AvgIpc) is 3.00. The molecule has 21 heavy (non-hydrogen) atoms. The van der Waals surface area contributed by atoms with Crippen molar-refractivity contribution in [1.82, 2.24) is 20.0 Å². The van der Waals surface area contributed by atoms with Crippen molar-refractivity contribution in [2.45, 2.75) is 51.6 Å². The van der Waals surface area contributed by atoms with Gasteiger partial charge < -0.3 is 10.2 Å². The molecule has 0 aromatic carbocycles. The smallest absolute Gasteiger partial charge is 0.274 e. The summed E-state index contributed by atoms with van der Waals surface area (Å²) in [6.45, 7) is 7.29. The number of hydrogen-bond acceptors (Lipinski definition) is 3. The number of nitrogens with one attached hydrogen (secondary N) is 1. The summed E-state index contributed by atoms with van der Waals surface area (Å²) in [5.74, 6) is 0.670. The number of amides is 1. The Kier molecular flexibility index (Phi) is 4.29. The van der Waals surface area contributed by atoms with E-state index in [-0.39, 0.29) is 5.91 Å². The van der Waals surface area contributed by atoms with Crippen LogP contribution in [0.25, 0.3) is 0 Å². The minimum absolute atomic E-state index is 0.0940. The Labute approximate surface area is 126 Å². The van der Waals surface area contributed by atoms with Crippen molar-refractivity contribution in [3.63, 3.8) is 0 Å². The molecule has 1 aromatic heterocycles. The normalized spacial score (nSPS) is 30.4. The summed E-state index contributed by atoms with van der Waals surface area (Å²) in [5, 5.41) is 7.95. The van der Waals surface area contributed by atoms with Crippen LogP contribution in [-0.4, -0.2) is 46.3 Å². The molecule has 3 atom stereocenters. The van der Waals surface area contributed by atoms with Gasteiger partial charge in [-0.2, -0.15) is 5.10 Å². The van der Waals surface area contributed by atoms with Gasteiger partial charge in [0, 0.05) is 25.3 Å². The zero-order valence-corrected chi connectivity index (χ0v) is 13.1. The summed E-state index contributed by atoms with van der Waals surface area (Å²) in [6, 6.07) is 2.58. The van der Waals surface area contributed by atoms with Crippen molar-refractivity contribution in [1.29, 1.82) is 0 Å². The van der Waals surface area contributed by atoms with Crippen LogP contribution in [0.3, 0.4) is 0 Å². The molecule has 0 aliphatic carbocycles. The quantitative estimate of drug-likeness (QED) is 0.907. The van der Waals surface area contributed by atoms with Crippen LogP contribution < -0.4 is 5.32 Å². The molecule has 0 saturated carbocycles. The largest absolute Gasteiger partial charge is 0.334 e.